The molecule has 2 heterocycles. The second-order valence-electron chi connectivity index (χ2n) is 4.91. The fraction of sp³-hybridized carbons (Fsp3) is 0.188. The van der Waals surface area contributed by atoms with E-state index in [1.54, 1.807) is 10.8 Å². The van der Waals surface area contributed by atoms with Gasteiger partial charge in [-0.05, 0) is 32.1 Å². The lowest BCUT2D eigenvalue weighted by Crippen LogP contribution is -2.05. The third-order valence-electron chi connectivity index (χ3n) is 3.49. The van der Waals surface area contributed by atoms with Crippen LogP contribution >= 0.6 is 0 Å². The molecule has 0 unspecified atom stereocenters. The third-order valence-corrected chi connectivity index (χ3v) is 3.49. The summed E-state index contributed by atoms with van der Waals surface area (Å²) in [4.78, 5) is 16.3. The Kier molecular flexibility index (Phi) is 3.17. The van der Waals surface area contributed by atoms with Crippen molar-refractivity contribution in [2.24, 2.45) is 12.0 Å². The molecule has 0 atom stereocenters. The molecule has 0 aliphatic carbocycles. The Hall–Kier alpha value is -2.69. The molecular formula is C16H15N3O2. The molecule has 1 aromatic heterocycles. The summed E-state index contributed by atoms with van der Waals surface area (Å²) < 4.78 is 7.02. The fourth-order valence-corrected chi connectivity index (χ4v) is 2.25. The van der Waals surface area contributed by atoms with Gasteiger partial charge < -0.3 is 4.74 Å². The number of aryl methyl sites for hydroxylation is 2. The lowest BCUT2D eigenvalue weighted by atomic mass is 10.1. The first kappa shape index (κ1) is 13.3. The Labute approximate surface area is 122 Å². The summed E-state index contributed by atoms with van der Waals surface area (Å²) in [5, 5.41) is 4.33. The molecule has 1 aliphatic rings. The van der Waals surface area contributed by atoms with E-state index < -0.39 is 5.97 Å². The van der Waals surface area contributed by atoms with E-state index in [2.05, 4.69) is 10.1 Å². The average Bonchev–Trinajstić information content (AvgIpc) is 2.96. The van der Waals surface area contributed by atoms with Crippen LogP contribution in [0.3, 0.4) is 0 Å². The van der Waals surface area contributed by atoms with Crippen molar-refractivity contribution < 1.29 is 9.53 Å². The van der Waals surface area contributed by atoms with Crippen molar-refractivity contribution in [3.8, 4) is 0 Å². The number of hydrogen-bond donors (Lipinski definition) is 0. The van der Waals surface area contributed by atoms with Crippen LogP contribution in [-0.4, -0.2) is 21.6 Å². The molecule has 0 radical (unpaired) electrons. The van der Waals surface area contributed by atoms with Crippen molar-refractivity contribution in [3.63, 3.8) is 0 Å². The number of rotatable bonds is 2. The van der Waals surface area contributed by atoms with Gasteiger partial charge in [-0.3, -0.25) is 4.68 Å². The first-order valence-corrected chi connectivity index (χ1v) is 6.64. The number of carbonyl (C=O) groups excluding carboxylic acids is 1. The van der Waals surface area contributed by atoms with Gasteiger partial charge in [0.15, 0.2) is 5.70 Å². The van der Waals surface area contributed by atoms with Crippen LogP contribution in [0.2, 0.25) is 0 Å². The highest BCUT2D eigenvalue weighted by Crippen LogP contribution is 2.22. The Morgan fingerprint density at radius 3 is 2.52 bits per heavy atom. The summed E-state index contributed by atoms with van der Waals surface area (Å²) in [6, 6.07) is 9.37. The Morgan fingerprint density at radius 1 is 1.19 bits per heavy atom. The van der Waals surface area contributed by atoms with Crippen molar-refractivity contribution in [1.29, 1.82) is 0 Å². The largest absolute Gasteiger partial charge is 0.402 e. The van der Waals surface area contributed by atoms with E-state index in [1.165, 1.54) is 0 Å². The van der Waals surface area contributed by atoms with E-state index in [-0.39, 0.29) is 0 Å². The van der Waals surface area contributed by atoms with Crippen LogP contribution in [0.25, 0.3) is 6.08 Å². The molecule has 0 spiro atoms. The number of nitrogens with zero attached hydrogens (tertiary/aromatic N) is 3. The lowest BCUT2D eigenvalue weighted by molar-refractivity contribution is -0.129. The van der Waals surface area contributed by atoms with Crippen LogP contribution in [-0.2, 0) is 16.6 Å². The molecule has 3 rings (SSSR count). The normalized spacial score (nSPS) is 16.2. The molecule has 0 fully saturated rings. The zero-order valence-electron chi connectivity index (χ0n) is 12.1. The van der Waals surface area contributed by atoms with Crippen LogP contribution in [0, 0.1) is 13.8 Å². The highest BCUT2D eigenvalue weighted by Gasteiger charge is 2.24. The monoisotopic (exact) mass is 281 g/mol. The van der Waals surface area contributed by atoms with E-state index in [4.69, 9.17) is 4.74 Å². The van der Waals surface area contributed by atoms with Crippen molar-refractivity contribution in [3.05, 3.63) is 58.5 Å². The molecule has 5 nitrogen and oxygen atoms in total. The van der Waals surface area contributed by atoms with Crippen LogP contribution < -0.4 is 0 Å². The Morgan fingerprint density at radius 2 is 1.90 bits per heavy atom. The molecule has 0 saturated heterocycles. The summed E-state index contributed by atoms with van der Waals surface area (Å²) in [5.41, 5.74) is 3.83. The Balaban J connectivity index is 2.01. The highest BCUT2D eigenvalue weighted by atomic mass is 16.6. The maximum absolute atomic E-state index is 12.0. The maximum atomic E-state index is 12.0. The number of esters is 1. The van der Waals surface area contributed by atoms with Gasteiger partial charge in [0, 0.05) is 23.9 Å². The number of benzene rings is 1. The SMILES string of the molecule is Cc1nn(C)c(C)c1/C=C1\N=C(c2ccccc2)OC1=O. The van der Waals surface area contributed by atoms with E-state index in [1.807, 2.05) is 51.2 Å². The molecule has 0 saturated carbocycles. The van der Waals surface area contributed by atoms with E-state index >= 15 is 0 Å². The minimum absolute atomic E-state index is 0.299. The van der Waals surface area contributed by atoms with Gasteiger partial charge in [0.2, 0.25) is 5.90 Å². The molecule has 21 heavy (non-hydrogen) atoms. The first-order valence-electron chi connectivity index (χ1n) is 6.64. The topological polar surface area (TPSA) is 56.5 Å². The lowest BCUT2D eigenvalue weighted by Gasteiger charge is -1.97. The summed E-state index contributed by atoms with van der Waals surface area (Å²) in [7, 11) is 1.87. The predicted octanol–water partition coefficient (Wildman–Crippen LogP) is 2.38. The van der Waals surface area contributed by atoms with Gasteiger partial charge in [0.1, 0.15) is 0 Å². The molecule has 0 N–H and O–H groups in total. The van der Waals surface area contributed by atoms with E-state index in [9.17, 15) is 4.79 Å². The van der Waals surface area contributed by atoms with Crippen molar-refractivity contribution in [2.75, 3.05) is 0 Å². The van der Waals surface area contributed by atoms with Gasteiger partial charge in [-0.15, -0.1) is 0 Å². The molecule has 1 aromatic carbocycles. The van der Waals surface area contributed by atoms with Crippen LogP contribution in [0.15, 0.2) is 41.0 Å². The summed E-state index contributed by atoms with van der Waals surface area (Å²) >= 11 is 0. The van der Waals surface area contributed by atoms with Gasteiger partial charge in [-0.25, -0.2) is 9.79 Å². The number of aliphatic imine (C=N–C) groups is 1. The quantitative estimate of drug-likeness (QED) is 0.627. The van der Waals surface area contributed by atoms with Crippen LogP contribution in [0.1, 0.15) is 22.5 Å². The van der Waals surface area contributed by atoms with Crippen LogP contribution in [0.4, 0.5) is 0 Å². The second kappa shape index (κ2) is 5.01. The van der Waals surface area contributed by atoms with Crippen molar-refractivity contribution in [1.82, 2.24) is 9.78 Å². The third kappa shape index (κ3) is 2.38. The fourth-order valence-electron chi connectivity index (χ4n) is 2.25. The summed E-state index contributed by atoms with van der Waals surface area (Å²) in [6.45, 7) is 3.86. The predicted molar refractivity (Wildman–Crippen MR) is 79.7 cm³/mol. The molecule has 1 aliphatic heterocycles. The molecule has 0 bridgehead atoms. The summed E-state index contributed by atoms with van der Waals surface area (Å²) in [6.07, 6.45) is 1.73. The zero-order valence-corrected chi connectivity index (χ0v) is 12.1. The summed E-state index contributed by atoms with van der Waals surface area (Å²) in [5.74, 6) is -0.0949. The first-order chi connectivity index (χ1) is 10.1. The smallest absolute Gasteiger partial charge is 0.363 e. The standard InChI is InChI=1S/C16H15N3O2/c1-10-13(11(2)19(3)18-10)9-14-16(20)21-15(17-14)12-7-5-4-6-8-12/h4-9H,1-3H3/b14-9-. The average molecular weight is 281 g/mol. The molecule has 2 aromatic rings. The Bertz CT molecular complexity index is 770. The maximum Gasteiger partial charge on any atom is 0.363 e. The van der Waals surface area contributed by atoms with Gasteiger partial charge >= 0.3 is 5.97 Å². The molecule has 0 amide bonds. The molecular weight excluding hydrogens is 266 g/mol. The molecule has 106 valence electrons. The van der Waals surface area contributed by atoms with Crippen molar-refractivity contribution >= 4 is 17.9 Å². The second-order valence-corrected chi connectivity index (χ2v) is 4.91. The molecule has 5 heteroatoms. The number of cyclic esters (lactones) is 1. The minimum Gasteiger partial charge on any atom is -0.402 e. The van der Waals surface area contributed by atoms with E-state index in [0.717, 1.165) is 22.5 Å². The number of hydrogen-bond acceptors (Lipinski definition) is 4. The minimum atomic E-state index is -0.434. The highest BCUT2D eigenvalue weighted by molar-refractivity contribution is 6.12. The van der Waals surface area contributed by atoms with Crippen LogP contribution in [0.5, 0.6) is 0 Å². The van der Waals surface area contributed by atoms with E-state index in [0.29, 0.717) is 11.6 Å². The van der Waals surface area contributed by atoms with Gasteiger partial charge in [0.25, 0.3) is 0 Å². The van der Waals surface area contributed by atoms with Gasteiger partial charge in [-0.2, -0.15) is 5.10 Å². The van der Waals surface area contributed by atoms with Gasteiger partial charge in [-0.1, -0.05) is 18.2 Å². The van der Waals surface area contributed by atoms with Gasteiger partial charge in [0.05, 0.1) is 5.69 Å². The zero-order chi connectivity index (χ0) is 15.0. The number of ether oxygens (including phenoxy) is 1. The van der Waals surface area contributed by atoms with Crippen molar-refractivity contribution in [2.45, 2.75) is 13.8 Å². The number of aromatic nitrogens is 2. The number of carbonyl (C=O) groups is 1.